The second-order valence-corrected chi connectivity index (χ2v) is 8.51. The molecule has 0 atom stereocenters. The highest BCUT2D eigenvalue weighted by Gasteiger charge is 2.12. The molecular weight excluding hydrogens is 403 g/mol. The summed E-state index contributed by atoms with van der Waals surface area (Å²) in [7, 11) is 0. The molecule has 0 fully saturated rings. The number of nitrogens with zero attached hydrogens (tertiary/aromatic N) is 3. The summed E-state index contributed by atoms with van der Waals surface area (Å²) in [6.45, 7) is 0.531. The molecule has 5 nitrogen and oxygen atoms in total. The number of nitrogens with one attached hydrogen (secondary N) is 1. The monoisotopic (exact) mass is 418 g/mol. The molecule has 0 saturated heterocycles. The fraction of sp³-hybridized carbons (Fsp3) is 0.167. The third-order valence-corrected chi connectivity index (χ3v) is 6.52. The van der Waals surface area contributed by atoms with Gasteiger partial charge in [0.25, 0.3) is 0 Å². The molecule has 1 N–H and O–H groups in total. The predicted octanol–water partition coefficient (Wildman–Crippen LogP) is 4.11. The van der Waals surface area contributed by atoms with Crippen molar-refractivity contribution in [3.05, 3.63) is 58.7 Å². The van der Waals surface area contributed by atoms with Crippen LogP contribution in [0.15, 0.2) is 52.1 Å². The Morgan fingerprint density at radius 3 is 2.85 bits per heavy atom. The molecule has 1 amide bonds. The van der Waals surface area contributed by atoms with E-state index < -0.39 is 0 Å². The lowest BCUT2D eigenvalue weighted by molar-refractivity contribution is -0.118. The molecule has 0 aliphatic rings. The lowest BCUT2D eigenvalue weighted by atomic mass is 10.3. The van der Waals surface area contributed by atoms with Gasteiger partial charge in [-0.1, -0.05) is 6.07 Å². The Labute approximate surface area is 167 Å². The van der Waals surface area contributed by atoms with Crippen molar-refractivity contribution >= 4 is 45.3 Å². The largest absolute Gasteiger partial charge is 0.355 e. The number of carbonyl (C=O) groups is 1. The SMILES string of the molecule is O=C(CSc1ccc(F)cc1)NCCc1csc2nc(-c3cccs3)nn12. The zero-order valence-electron chi connectivity index (χ0n) is 14.1. The third kappa shape index (κ3) is 4.37. The van der Waals surface area contributed by atoms with Gasteiger partial charge in [0.05, 0.1) is 16.3 Å². The molecule has 0 bridgehead atoms. The summed E-state index contributed by atoms with van der Waals surface area (Å²) in [5.41, 5.74) is 1.02. The minimum atomic E-state index is -0.277. The van der Waals surface area contributed by atoms with Crippen LogP contribution in [0, 0.1) is 5.82 Å². The molecule has 9 heteroatoms. The van der Waals surface area contributed by atoms with Gasteiger partial charge in [-0.25, -0.2) is 8.91 Å². The molecular formula is C18H15FN4OS3. The topological polar surface area (TPSA) is 59.3 Å². The Morgan fingerprint density at radius 2 is 2.07 bits per heavy atom. The van der Waals surface area contributed by atoms with E-state index in [1.54, 1.807) is 34.8 Å². The Hall–Kier alpha value is -2.23. The van der Waals surface area contributed by atoms with E-state index in [0.29, 0.717) is 18.7 Å². The Kier molecular flexibility index (Phi) is 5.51. The van der Waals surface area contributed by atoms with Crippen molar-refractivity contribution in [1.29, 1.82) is 0 Å². The summed E-state index contributed by atoms with van der Waals surface area (Å²) in [4.78, 5) is 19.3. The number of thioether (sulfide) groups is 1. The number of benzene rings is 1. The molecule has 3 aromatic heterocycles. The number of halogens is 1. The predicted molar refractivity (Wildman–Crippen MR) is 108 cm³/mol. The maximum absolute atomic E-state index is 12.9. The first kappa shape index (κ1) is 18.1. The summed E-state index contributed by atoms with van der Waals surface area (Å²) in [5.74, 6) is 0.712. The first-order valence-corrected chi connectivity index (χ1v) is 11.0. The summed E-state index contributed by atoms with van der Waals surface area (Å²) in [6, 6.07) is 10.1. The number of rotatable bonds is 7. The number of thiophene rings is 1. The van der Waals surface area contributed by atoms with Gasteiger partial charge in [0.15, 0.2) is 5.82 Å². The highest BCUT2D eigenvalue weighted by molar-refractivity contribution is 8.00. The molecule has 0 aliphatic carbocycles. The van der Waals surface area contributed by atoms with E-state index in [2.05, 4.69) is 15.4 Å². The number of thiazole rings is 1. The summed E-state index contributed by atoms with van der Waals surface area (Å²) < 4.78 is 14.7. The maximum Gasteiger partial charge on any atom is 0.230 e. The average Bonchev–Trinajstić information content (AvgIpc) is 3.39. The molecule has 4 aromatic rings. The summed E-state index contributed by atoms with van der Waals surface area (Å²) >= 11 is 4.55. The Morgan fingerprint density at radius 1 is 1.22 bits per heavy atom. The van der Waals surface area contributed by atoms with E-state index in [0.717, 1.165) is 26.3 Å². The zero-order chi connectivity index (χ0) is 18.6. The molecule has 0 radical (unpaired) electrons. The number of hydrogen-bond acceptors (Lipinski definition) is 6. The van der Waals surface area contributed by atoms with Gasteiger partial charge < -0.3 is 5.32 Å². The highest BCUT2D eigenvalue weighted by Crippen LogP contribution is 2.24. The minimum Gasteiger partial charge on any atom is -0.355 e. The second kappa shape index (κ2) is 8.20. The summed E-state index contributed by atoms with van der Waals surface area (Å²) in [6.07, 6.45) is 0.681. The molecule has 0 unspecified atom stereocenters. The van der Waals surface area contributed by atoms with E-state index in [4.69, 9.17) is 0 Å². The van der Waals surface area contributed by atoms with E-state index in [9.17, 15) is 9.18 Å². The maximum atomic E-state index is 12.9. The van der Waals surface area contributed by atoms with Crippen LogP contribution in [-0.4, -0.2) is 32.8 Å². The van der Waals surface area contributed by atoms with Gasteiger partial charge in [-0.05, 0) is 35.7 Å². The van der Waals surface area contributed by atoms with Crippen molar-refractivity contribution in [2.24, 2.45) is 0 Å². The normalized spacial score (nSPS) is 11.1. The van der Waals surface area contributed by atoms with Crippen molar-refractivity contribution in [2.75, 3.05) is 12.3 Å². The van der Waals surface area contributed by atoms with Crippen LogP contribution in [-0.2, 0) is 11.2 Å². The van der Waals surface area contributed by atoms with Gasteiger partial charge in [-0.2, -0.15) is 4.98 Å². The number of carbonyl (C=O) groups excluding carboxylic acids is 1. The van der Waals surface area contributed by atoms with Gasteiger partial charge in [-0.3, -0.25) is 4.79 Å². The van der Waals surface area contributed by atoms with Crippen molar-refractivity contribution in [1.82, 2.24) is 19.9 Å². The molecule has 138 valence electrons. The molecule has 0 aliphatic heterocycles. The van der Waals surface area contributed by atoms with Crippen LogP contribution < -0.4 is 5.32 Å². The number of fused-ring (bicyclic) bond motifs is 1. The van der Waals surface area contributed by atoms with Gasteiger partial charge in [0.2, 0.25) is 10.9 Å². The van der Waals surface area contributed by atoms with E-state index in [-0.39, 0.29) is 11.7 Å². The fourth-order valence-electron chi connectivity index (χ4n) is 2.47. The van der Waals surface area contributed by atoms with Crippen LogP contribution in [0.2, 0.25) is 0 Å². The number of hydrogen-bond donors (Lipinski definition) is 1. The van der Waals surface area contributed by atoms with Gasteiger partial charge in [0, 0.05) is 23.2 Å². The van der Waals surface area contributed by atoms with E-state index >= 15 is 0 Å². The fourth-order valence-corrected chi connectivity index (χ4v) is 4.70. The zero-order valence-corrected chi connectivity index (χ0v) is 16.5. The number of amides is 1. The molecule has 3 heterocycles. The Bertz CT molecular complexity index is 1040. The third-order valence-electron chi connectivity index (χ3n) is 3.78. The van der Waals surface area contributed by atoms with E-state index in [1.807, 2.05) is 27.4 Å². The smallest absolute Gasteiger partial charge is 0.230 e. The highest BCUT2D eigenvalue weighted by atomic mass is 32.2. The minimum absolute atomic E-state index is 0.0475. The van der Waals surface area contributed by atoms with Gasteiger partial charge >= 0.3 is 0 Å². The average molecular weight is 419 g/mol. The van der Waals surface area contributed by atoms with Crippen LogP contribution in [0.3, 0.4) is 0 Å². The summed E-state index contributed by atoms with van der Waals surface area (Å²) in [5, 5.41) is 11.5. The first-order valence-electron chi connectivity index (χ1n) is 8.21. The molecule has 1 aromatic carbocycles. The van der Waals surface area contributed by atoms with E-state index in [1.165, 1.54) is 23.9 Å². The van der Waals surface area contributed by atoms with Crippen LogP contribution in [0.5, 0.6) is 0 Å². The Balaban J connectivity index is 1.29. The van der Waals surface area contributed by atoms with Crippen LogP contribution in [0.4, 0.5) is 4.39 Å². The van der Waals surface area contributed by atoms with Crippen LogP contribution >= 0.6 is 34.4 Å². The van der Waals surface area contributed by atoms with Crippen LogP contribution in [0.25, 0.3) is 15.7 Å². The second-order valence-electron chi connectivity index (χ2n) is 5.68. The van der Waals surface area contributed by atoms with Gasteiger partial charge in [-0.15, -0.1) is 39.5 Å². The van der Waals surface area contributed by atoms with Crippen molar-refractivity contribution in [2.45, 2.75) is 11.3 Å². The van der Waals surface area contributed by atoms with Crippen LogP contribution in [0.1, 0.15) is 5.69 Å². The quantitative estimate of drug-likeness (QED) is 0.459. The molecule has 27 heavy (non-hydrogen) atoms. The first-order chi connectivity index (χ1) is 13.2. The standard InChI is InChI=1S/C18H15FN4OS3/c19-12-3-5-14(6-4-12)26-11-16(24)20-8-7-13-10-27-18-21-17(22-23(13)18)15-2-1-9-25-15/h1-6,9-10H,7-8,11H2,(H,20,24). The number of aromatic nitrogens is 3. The lowest BCUT2D eigenvalue weighted by Crippen LogP contribution is -2.27. The van der Waals surface area contributed by atoms with Crippen molar-refractivity contribution < 1.29 is 9.18 Å². The van der Waals surface area contributed by atoms with Crippen molar-refractivity contribution in [3.8, 4) is 10.7 Å². The van der Waals surface area contributed by atoms with Crippen molar-refractivity contribution in [3.63, 3.8) is 0 Å². The lowest BCUT2D eigenvalue weighted by Gasteiger charge is -2.05. The molecule has 4 rings (SSSR count). The van der Waals surface area contributed by atoms with Gasteiger partial charge in [0.1, 0.15) is 5.82 Å². The molecule has 0 spiro atoms. The molecule has 0 saturated carbocycles.